The number of hydroxylamine groups is 4. The molecule has 0 radical (unpaired) electrons. The molecule has 0 aromatic carbocycles. The van der Waals surface area contributed by atoms with Gasteiger partial charge in [0.1, 0.15) is 13.1 Å². The summed E-state index contributed by atoms with van der Waals surface area (Å²) in [5.41, 5.74) is 2.74. The normalized spacial score (nSPS) is 23.0. The maximum atomic E-state index is 12.2. The maximum absolute atomic E-state index is 12.2. The van der Waals surface area contributed by atoms with E-state index in [1.165, 1.54) is 0 Å². The van der Waals surface area contributed by atoms with Gasteiger partial charge in [0.05, 0.1) is 12.2 Å². The minimum Gasteiger partial charge on any atom is -0.589 e. The Balaban J connectivity index is 2.23. The van der Waals surface area contributed by atoms with Gasteiger partial charge < -0.3 is 14.8 Å². The molecule has 2 rings (SSSR count). The van der Waals surface area contributed by atoms with E-state index in [4.69, 9.17) is 9.57 Å². The van der Waals surface area contributed by atoms with Crippen LogP contribution in [0.3, 0.4) is 0 Å². The molecule has 2 heterocycles. The lowest BCUT2D eigenvalue weighted by Crippen LogP contribution is -2.43. The third kappa shape index (κ3) is 1.89. The van der Waals surface area contributed by atoms with Crippen molar-refractivity contribution >= 4 is 0 Å². The van der Waals surface area contributed by atoms with Crippen LogP contribution in [-0.4, -0.2) is 30.1 Å². The van der Waals surface area contributed by atoms with E-state index in [-0.39, 0.29) is 0 Å². The Bertz CT molecular complexity index is 408. The molecule has 5 nitrogen and oxygen atoms in total. The quantitative estimate of drug-likeness (QED) is 0.576. The average molecular weight is 224 g/mol. The summed E-state index contributed by atoms with van der Waals surface area (Å²) in [5, 5.41) is 12.2. The van der Waals surface area contributed by atoms with Crippen LogP contribution in [0.15, 0.2) is 6.20 Å². The molecule has 88 valence electrons. The lowest BCUT2D eigenvalue weighted by Gasteiger charge is -2.33. The molecular formula is C11H16N2O3. The van der Waals surface area contributed by atoms with E-state index < -0.39 is 4.81 Å². The third-order valence-electron chi connectivity index (χ3n) is 2.89. The minimum absolute atomic E-state index is 0.295. The van der Waals surface area contributed by atoms with Gasteiger partial charge in [-0.05, 0) is 13.8 Å². The average Bonchev–Trinajstić information content (AvgIpc) is 2.60. The predicted molar refractivity (Wildman–Crippen MR) is 58.4 cm³/mol. The summed E-state index contributed by atoms with van der Waals surface area (Å²) in [6.07, 6.45) is 1.72. The molecule has 1 atom stereocenters. The Morgan fingerprint density at radius 3 is 3.00 bits per heavy atom. The molecule has 0 N–H and O–H groups in total. The molecule has 0 fully saturated rings. The molecule has 16 heavy (non-hydrogen) atoms. The van der Waals surface area contributed by atoms with E-state index in [9.17, 15) is 5.21 Å². The molecule has 1 aromatic heterocycles. The van der Waals surface area contributed by atoms with Gasteiger partial charge in [0.15, 0.2) is 0 Å². The van der Waals surface area contributed by atoms with Crippen molar-refractivity contribution in [3.63, 3.8) is 0 Å². The summed E-state index contributed by atoms with van der Waals surface area (Å²) >= 11 is 0. The molecule has 0 spiro atoms. The summed E-state index contributed by atoms with van der Waals surface area (Å²) < 4.78 is 4.91. The monoisotopic (exact) mass is 224 g/mol. The van der Waals surface area contributed by atoms with Gasteiger partial charge in [0.25, 0.3) is 0 Å². The molecule has 0 bridgehead atoms. The van der Waals surface area contributed by atoms with Crippen molar-refractivity contribution in [1.29, 1.82) is 0 Å². The van der Waals surface area contributed by atoms with E-state index >= 15 is 0 Å². The van der Waals surface area contributed by atoms with Gasteiger partial charge in [-0.3, -0.25) is 4.98 Å². The highest BCUT2D eigenvalue weighted by molar-refractivity contribution is 5.41. The summed E-state index contributed by atoms with van der Waals surface area (Å²) in [7, 11) is 1.58. The Hall–Kier alpha value is -1.17. The first-order valence-electron chi connectivity index (χ1n) is 5.27. The summed E-state index contributed by atoms with van der Waals surface area (Å²) in [4.78, 5) is 9.01. The molecule has 0 saturated heterocycles. The van der Waals surface area contributed by atoms with Gasteiger partial charge >= 0.3 is 0 Å². The highest BCUT2D eigenvalue weighted by Crippen LogP contribution is 2.35. The van der Waals surface area contributed by atoms with Crippen LogP contribution in [0.5, 0.6) is 5.75 Å². The summed E-state index contributed by atoms with van der Waals surface area (Å²) in [6, 6.07) is 0. The van der Waals surface area contributed by atoms with Crippen LogP contribution in [-0.2, 0) is 11.3 Å². The van der Waals surface area contributed by atoms with Crippen molar-refractivity contribution in [1.82, 2.24) is 4.98 Å². The van der Waals surface area contributed by atoms with E-state index in [0.717, 1.165) is 16.8 Å². The fourth-order valence-electron chi connectivity index (χ4n) is 1.79. The zero-order valence-electron chi connectivity index (χ0n) is 9.82. The SMILES string of the molecule is COCC[N+]1([O-])Cc2cnc(C)c(C)c2O1. The van der Waals surface area contributed by atoms with E-state index in [0.29, 0.717) is 25.4 Å². The standard InChI is InChI=1S/C11H16N2O3/c1-8-9(2)12-6-10-7-13(14,4-5-15-3)16-11(8)10/h6H,4-5,7H2,1-3H3. The summed E-state index contributed by atoms with van der Waals surface area (Å²) in [5.74, 6) is 0.693. The van der Waals surface area contributed by atoms with E-state index in [1.54, 1.807) is 13.3 Å². The van der Waals surface area contributed by atoms with Gasteiger partial charge in [-0.1, -0.05) is 0 Å². The van der Waals surface area contributed by atoms with Gasteiger partial charge in [0, 0.05) is 24.6 Å². The highest BCUT2D eigenvalue weighted by Gasteiger charge is 2.33. The molecule has 1 aliphatic heterocycles. The van der Waals surface area contributed by atoms with Gasteiger partial charge in [-0.2, -0.15) is 4.81 Å². The number of pyridine rings is 1. The molecule has 0 saturated carbocycles. The molecular weight excluding hydrogens is 208 g/mol. The van der Waals surface area contributed by atoms with E-state index in [1.807, 2.05) is 13.8 Å². The molecule has 1 aromatic rings. The van der Waals surface area contributed by atoms with Crippen LogP contribution in [0.1, 0.15) is 16.8 Å². The van der Waals surface area contributed by atoms with Crippen molar-refractivity contribution in [2.75, 3.05) is 20.3 Å². The number of aryl methyl sites for hydroxylation is 1. The smallest absolute Gasteiger partial charge is 0.205 e. The fourth-order valence-corrected chi connectivity index (χ4v) is 1.79. The highest BCUT2D eigenvalue weighted by atomic mass is 16.9. The van der Waals surface area contributed by atoms with Crippen LogP contribution >= 0.6 is 0 Å². The molecule has 0 aliphatic carbocycles. The number of fused-ring (bicyclic) bond motifs is 1. The fraction of sp³-hybridized carbons (Fsp3) is 0.545. The topological polar surface area (TPSA) is 54.4 Å². The second-order valence-electron chi connectivity index (χ2n) is 4.10. The number of methoxy groups -OCH3 is 1. The number of ether oxygens (including phenoxy) is 1. The van der Waals surface area contributed by atoms with Crippen molar-refractivity contribution in [2.45, 2.75) is 20.4 Å². The number of aromatic nitrogens is 1. The first kappa shape index (κ1) is 11.3. The molecule has 1 aliphatic rings. The lowest BCUT2D eigenvalue weighted by atomic mass is 10.1. The largest absolute Gasteiger partial charge is 0.589 e. The Morgan fingerprint density at radius 1 is 1.56 bits per heavy atom. The minimum atomic E-state index is -0.699. The van der Waals surface area contributed by atoms with Crippen molar-refractivity contribution in [2.24, 2.45) is 0 Å². The van der Waals surface area contributed by atoms with Gasteiger partial charge in [0.2, 0.25) is 5.75 Å². The second kappa shape index (κ2) is 4.01. The predicted octanol–water partition coefficient (Wildman–Crippen LogP) is 1.47. The number of hydrogen-bond donors (Lipinski definition) is 0. The molecule has 0 amide bonds. The van der Waals surface area contributed by atoms with Crippen LogP contribution in [0.4, 0.5) is 0 Å². The Morgan fingerprint density at radius 2 is 2.31 bits per heavy atom. The number of nitrogens with zero attached hydrogens (tertiary/aromatic N) is 2. The van der Waals surface area contributed by atoms with Crippen LogP contribution < -0.4 is 4.84 Å². The zero-order valence-corrected chi connectivity index (χ0v) is 9.82. The van der Waals surface area contributed by atoms with Crippen LogP contribution in [0.2, 0.25) is 0 Å². The number of quaternary nitrogens is 1. The first-order valence-corrected chi connectivity index (χ1v) is 5.27. The molecule has 1 unspecified atom stereocenters. The third-order valence-corrected chi connectivity index (χ3v) is 2.89. The summed E-state index contributed by atoms with van der Waals surface area (Å²) in [6.45, 7) is 4.83. The number of hydrogen-bond acceptors (Lipinski definition) is 4. The lowest BCUT2D eigenvalue weighted by molar-refractivity contribution is -1.04. The van der Waals surface area contributed by atoms with Gasteiger partial charge in [-0.25, -0.2) is 0 Å². The second-order valence-corrected chi connectivity index (χ2v) is 4.10. The van der Waals surface area contributed by atoms with Gasteiger partial charge in [-0.15, -0.1) is 0 Å². The Labute approximate surface area is 94.7 Å². The Kier molecular flexibility index (Phi) is 2.84. The van der Waals surface area contributed by atoms with E-state index in [2.05, 4.69) is 4.98 Å². The molecule has 5 heteroatoms. The maximum Gasteiger partial charge on any atom is 0.205 e. The van der Waals surface area contributed by atoms with Crippen LogP contribution in [0, 0.1) is 19.1 Å². The number of rotatable bonds is 3. The van der Waals surface area contributed by atoms with Crippen molar-refractivity contribution in [3.05, 3.63) is 28.2 Å². The van der Waals surface area contributed by atoms with Crippen molar-refractivity contribution in [3.8, 4) is 5.75 Å². The first-order chi connectivity index (χ1) is 7.56. The zero-order chi connectivity index (χ0) is 11.8. The van der Waals surface area contributed by atoms with Crippen molar-refractivity contribution < 1.29 is 14.4 Å². The van der Waals surface area contributed by atoms with Crippen LogP contribution in [0.25, 0.3) is 0 Å².